The molecule has 0 atom stereocenters. The third-order valence-electron chi connectivity index (χ3n) is 3.87. The number of hydrogen-bond acceptors (Lipinski definition) is 4. The molecule has 5 heteroatoms. The third-order valence-corrected chi connectivity index (χ3v) is 3.87. The maximum atomic E-state index is 12.5. The summed E-state index contributed by atoms with van der Waals surface area (Å²) in [5.41, 5.74) is 2.51. The fourth-order valence-corrected chi connectivity index (χ4v) is 2.55. The van der Waals surface area contributed by atoms with Crippen molar-refractivity contribution in [2.45, 2.75) is 20.3 Å². The Labute approximate surface area is 145 Å². The molecule has 0 aliphatic rings. The predicted octanol–water partition coefficient (Wildman–Crippen LogP) is 4.56. The summed E-state index contributed by atoms with van der Waals surface area (Å²) < 4.78 is 10.7. The largest absolute Gasteiger partial charge is 0.462 e. The highest BCUT2D eigenvalue weighted by molar-refractivity contribution is 6.06. The molecule has 0 saturated heterocycles. The summed E-state index contributed by atoms with van der Waals surface area (Å²) >= 11 is 0. The van der Waals surface area contributed by atoms with Crippen molar-refractivity contribution in [2.75, 3.05) is 11.9 Å². The highest BCUT2D eigenvalue weighted by atomic mass is 16.5. The van der Waals surface area contributed by atoms with Crippen LogP contribution in [0.25, 0.3) is 11.0 Å². The summed E-state index contributed by atoms with van der Waals surface area (Å²) in [6, 6.07) is 14.1. The van der Waals surface area contributed by atoms with Gasteiger partial charge in [-0.05, 0) is 43.7 Å². The lowest BCUT2D eigenvalue weighted by Gasteiger charge is -2.06. The zero-order chi connectivity index (χ0) is 17.8. The summed E-state index contributed by atoms with van der Waals surface area (Å²) in [5, 5.41) is 3.70. The minimum absolute atomic E-state index is 0.285. The van der Waals surface area contributed by atoms with E-state index in [1.54, 1.807) is 24.3 Å². The van der Waals surface area contributed by atoms with Gasteiger partial charge in [0.2, 0.25) is 0 Å². The van der Waals surface area contributed by atoms with E-state index < -0.39 is 0 Å². The summed E-state index contributed by atoms with van der Waals surface area (Å²) in [5.74, 6) is -0.407. The molecule has 0 saturated carbocycles. The molecule has 2 aromatic carbocycles. The molecule has 0 aliphatic carbocycles. The Morgan fingerprint density at radius 1 is 1.08 bits per heavy atom. The maximum absolute atomic E-state index is 12.5. The van der Waals surface area contributed by atoms with E-state index in [4.69, 9.17) is 9.15 Å². The molecule has 128 valence electrons. The number of anilines is 1. The first-order valence-electron chi connectivity index (χ1n) is 8.17. The predicted molar refractivity (Wildman–Crippen MR) is 95.9 cm³/mol. The van der Waals surface area contributed by atoms with E-state index in [1.807, 2.05) is 38.1 Å². The molecule has 0 bridgehead atoms. The van der Waals surface area contributed by atoms with Crippen LogP contribution in [0.2, 0.25) is 0 Å². The number of esters is 1. The fraction of sp³-hybridized carbons (Fsp3) is 0.200. The van der Waals surface area contributed by atoms with Gasteiger partial charge in [0.25, 0.3) is 5.91 Å². The van der Waals surface area contributed by atoms with Crippen molar-refractivity contribution < 1.29 is 18.7 Å². The number of carbonyl (C=O) groups excluding carboxylic acids is 2. The van der Waals surface area contributed by atoms with E-state index in [2.05, 4.69) is 5.32 Å². The second-order valence-corrected chi connectivity index (χ2v) is 5.72. The number of hydrogen-bond donors (Lipinski definition) is 1. The van der Waals surface area contributed by atoms with Gasteiger partial charge in [-0.2, -0.15) is 0 Å². The van der Waals surface area contributed by atoms with Crippen LogP contribution in [0.15, 0.2) is 52.9 Å². The molecule has 5 nitrogen and oxygen atoms in total. The summed E-state index contributed by atoms with van der Waals surface area (Å²) in [7, 11) is 0. The summed E-state index contributed by atoms with van der Waals surface area (Å²) in [6.07, 6.45) is 0.775. The summed E-state index contributed by atoms with van der Waals surface area (Å²) in [6.45, 7) is 4.18. The van der Waals surface area contributed by atoms with Gasteiger partial charge in [-0.3, -0.25) is 4.79 Å². The Kier molecular flexibility index (Phi) is 4.84. The van der Waals surface area contributed by atoms with Gasteiger partial charge in [0.1, 0.15) is 5.58 Å². The molecule has 0 unspecified atom stereocenters. The molecule has 1 N–H and O–H groups in total. The molecule has 3 rings (SSSR count). The van der Waals surface area contributed by atoms with E-state index in [-0.39, 0.29) is 17.6 Å². The van der Waals surface area contributed by atoms with Crippen molar-refractivity contribution in [2.24, 2.45) is 0 Å². The van der Waals surface area contributed by atoms with Crippen molar-refractivity contribution in [3.63, 3.8) is 0 Å². The Morgan fingerprint density at radius 2 is 1.80 bits per heavy atom. The van der Waals surface area contributed by atoms with Gasteiger partial charge < -0.3 is 14.5 Å². The number of rotatable bonds is 5. The molecule has 0 fully saturated rings. The zero-order valence-corrected chi connectivity index (χ0v) is 14.2. The maximum Gasteiger partial charge on any atom is 0.338 e. The lowest BCUT2D eigenvalue weighted by atomic mass is 10.1. The minimum atomic E-state index is -0.368. The SMILES string of the molecule is CCCOC(=O)c1ccc(NC(=O)c2oc3ccccc3c2C)cc1. The van der Waals surface area contributed by atoms with Crippen LogP contribution < -0.4 is 5.32 Å². The zero-order valence-electron chi connectivity index (χ0n) is 14.2. The van der Waals surface area contributed by atoms with E-state index in [9.17, 15) is 9.59 Å². The van der Waals surface area contributed by atoms with Crippen molar-refractivity contribution in [3.05, 3.63) is 65.4 Å². The topological polar surface area (TPSA) is 68.5 Å². The highest BCUT2D eigenvalue weighted by Gasteiger charge is 2.17. The third kappa shape index (κ3) is 3.55. The molecular weight excluding hydrogens is 318 g/mol. The normalized spacial score (nSPS) is 10.6. The lowest BCUT2D eigenvalue weighted by Crippen LogP contribution is -2.12. The van der Waals surface area contributed by atoms with Crippen molar-refractivity contribution in [1.82, 2.24) is 0 Å². The van der Waals surface area contributed by atoms with E-state index in [1.165, 1.54) is 0 Å². The molecule has 1 amide bonds. The Morgan fingerprint density at radius 3 is 2.48 bits per heavy atom. The number of ether oxygens (including phenoxy) is 1. The quantitative estimate of drug-likeness (QED) is 0.693. The van der Waals surface area contributed by atoms with Crippen LogP contribution >= 0.6 is 0 Å². The van der Waals surface area contributed by atoms with Gasteiger partial charge in [0.05, 0.1) is 12.2 Å². The number of fused-ring (bicyclic) bond motifs is 1. The van der Waals surface area contributed by atoms with Crippen LogP contribution in [0.3, 0.4) is 0 Å². The Balaban J connectivity index is 1.74. The second-order valence-electron chi connectivity index (χ2n) is 5.72. The molecule has 1 aromatic heterocycles. The first-order valence-corrected chi connectivity index (χ1v) is 8.17. The number of amides is 1. The van der Waals surface area contributed by atoms with Gasteiger partial charge in [-0.15, -0.1) is 0 Å². The van der Waals surface area contributed by atoms with Gasteiger partial charge in [-0.25, -0.2) is 4.79 Å². The van der Waals surface area contributed by atoms with Crippen molar-refractivity contribution in [1.29, 1.82) is 0 Å². The van der Waals surface area contributed by atoms with Crippen LogP contribution in [0, 0.1) is 6.92 Å². The average molecular weight is 337 g/mol. The monoisotopic (exact) mass is 337 g/mol. The van der Waals surface area contributed by atoms with Gasteiger partial charge >= 0.3 is 5.97 Å². The Hall–Kier alpha value is -3.08. The Bertz CT molecular complexity index is 909. The molecular formula is C20H19NO4. The lowest BCUT2D eigenvalue weighted by molar-refractivity contribution is 0.0505. The van der Waals surface area contributed by atoms with Crippen LogP contribution in [0.4, 0.5) is 5.69 Å². The van der Waals surface area contributed by atoms with Crippen LogP contribution in [0.5, 0.6) is 0 Å². The number of furan rings is 1. The fourth-order valence-electron chi connectivity index (χ4n) is 2.55. The van der Waals surface area contributed by atoms with Gasteiger partial charge in [-0.1, -0.05) is 25.1 Å². The molecule has 0 aliphatic heterocycles. The van der Waals surface area contributed by atoms with Crippen molar-refractivity contribution in [3.8, 4) is 0 Å². The number of nitrogens with one attached hydrogen (secondary N) is 1. The number of carbonyl (C=O) groups is 2. The molecule has 0 spiro atoms. The number of para-hydroxylation sites is 1. The van der Waals surface area contributed by atoms with E-state index in [0.717, 1.165) is 17.4 Å². The minimum Gasteiger partial charge on any atom is -0.462 e. The first kappa shape index (κ1) is 16.8. The summed E-state index contributed by atoms with van der Waals surface area (Å²) in [4.78, 5) is 24.2. The first-order chi connectivity index (χ1) is 12.1. The second kappa shape index (κ2) is 7.21. The average Bonchev–Trinajstić information content (AvgIpc) is 2.97. The standard InChI is InChI=1S/C20H19NO4/c1-3-12-24-20(23)14-8-10-15(11-9-14)21-19(22)18-13(2)16-6-4-5-7-17(16)25-18/h4-11H,3,12H2,1-2H3,(H,21,22). The highest BCUT2D eigenvalue weighted by Crippen LogP contribution is 2.25. The van der Waals surface area contributed by atoms with Gasteiger partial charge in [0, 0.05) is 16.6 Å². The van der Waals surface area contributed by atoms with Gasteiger partial charge in [0.15, 0.2) is 5.76 Å². The van der Waals surface area contributed by atoms with E-state index >= 15 is 0 Å². The smallest absolute Gasteiger partial charge is 0.338 e. The number of aryl methyl sites for hydroxylation is 1. The number of benzene rings is 2. The van der Waals surface area contributed by atoms with E-state index in [0.29, 0.717) is 23.4 Å². The molecule has 0 radical (unpaired) electrons. The van der Waals surface area contributed by atoms with Crippen LogP contribution in [-0.4, -0.2) is 18.5 Å². The van der Waals surface area contributed by atoms with Crippen molar-refractivity contribution >= 4 is 28.5 Å². The van der Waals surface area contributed by atoms with Crippen LogP contribution in [0.1, 0.15) is 39.8 Å². The molecule has 1 heterocycles. The molecule has 25 heavy (non-hydrogen) atoms. The molecule has 3 aromatic rings. The van der Waals surface area contributed by atoms with Crippen LogP contribution in [-0.2, 0) is 4.74 Å².